The summed E-state index contributed by atoms with van der Waals surface area (Å²) in [7, 11) is -0.903. The molecular weight excluding hydrogens is 184 g/mol. The Bertz CT molecular complexity index is 132. The zero-order valence-electron chi connectivity index (χ0n) is 10.6. The molecule has 0 aliphatic heterocycles. The second-order valence-corrected chi connectivity index (χ2v) is 9.43. The molecular formula is C13H28Si. The van der Waals surface area contributed by atoms with Crippen molar-refractivity contribution in [1.29, 1.82) is 0 Å². The molecule has 0 spiro atoms. The Morgan fingerprint density at radius 3 is 1.57 bits per heavy atom. The van der Waals surface area contributed by atoms with Crippen LogP contribution in [0.2, 0.25) is 24.2 Å². The summed E-state index contributed by atoms with van der Waals surface area (Å²) in [6.07, 6.45) is 8.84. The van der Waals surface area contributed by atoms with Gasteiger partial charge in [-0.05, 0) is 13.0 Å². The molecule has 0 aromatic rings. The Morgan fingerprint density at radius 2 is 1.29 bits per heavy atom. The van der Waals surface area contributed by atoms with Crippen molar-refractivity contribution in [3.63, 3.8) is 0 Å². The smallest absolute Gasteiger partial charge is 0.0573 e. The van der Waals surface area contributed by atoms with Crippen molar-refractivity contribution in [2.75, 3.05) is 0 Å². The minimum Gasteiger partial charge on any atom is -0.0919 e. The van der Waals surface area contributed by atoms with E-state index in [4.69, 9.17) is 0 Å². The molecule has 0 aliphatic carbocycles. The predicted octanol–water partition coefficient (Wildman–Crippen LogP) is 5.24. The third-order valence-corrected chi connectivity index (χ3v) is 8.91. The van der Waals surface area contributed by atoms with Gasteiger partial charge in [0.1, 0.15) is 0 Å². The van der Waals surface area contributed by atoms with E-state index in [2.05, 4.69) is 39.8 Å². The summed E-state index contributed by atoms with van der Waals surface area (Å²) in [5, 5.41) is 0. The molecule has 0 atom stereocenters. The Hall–Kier alpha value is -0.0431. The van der Waals surface area contributed by atoms with Crippen molar-refractivity contribution in [2.24, 2.45) is 0 Å². The largest absolute Gasteiger partial charge is 0.0919 e. The van der Waals surface area contributed by atoms with Gasteiger partial charge in [0.05, 0.1) is 8.07 Å². The Labute approximate surface area is 91.8 Å². The Balaban J connectivity index is 4.36. The molecule has 84 valence electrons. The minimum atomic E-state index is -0.903. The van der Waals surface area contributed by atoms with Crippen molar-refractivity contribution in [1.82, 2.24) is 0 Å². The second kappa shape index (κ2) is 8.28. The van der Waals surface area contributed by atoms with Gasteiger partial charge in [-0.25, -0.2) is 0 Å². The van der Waals surface area contributed by atoms with Gasteiger partial charge in [-0.15, -0.1) is 0 Å². The van der Waals surface area contributed by atoms with Gasteiger partial charge in [0.15, 0.2) is 0 Å². The summed E-state index contributed by atoms with van der Waals surface area (Å²) >= 11 is 0. The molecule has 0 aromatic carbocycles. The summed E-state index contributed by atoms with van der Waals surface area (Å²) in [5.74, 6) is 0. The van der Waals surface area contributed by atoms with E-state index in [9.17, 15) is 0 Å². The average molecular weight is 212 g/mol. The molecule has 0 nitrogen and oxygen atoms in total. The van der Waals surface area contributed by atoms with Crippen LogP contribution in [-0.2, 0) is 0 Å². The van der Waals surface area contributed by atoms with Crippen LogP contribution < -0.4 is 0 Å². The van der Waals surface area contributed by atoms with Crippen LogP contribution in [0.25, 0.3) is 0 Å². The van der Waals surface area contributed by atoms with Crippen LogP contribution in [0.15, 0.2) is 12.2 Å². The molecule has 14 heavy (non-hydrogen) atoms. The number of rotatable bonds is 8. The third-order valence-electron chi connectivity index (χ3n) is 3.13. The van der Waals surface area contributed by atoms with E-state index in [0.29, 0.717) is 0 Å². The molecule has 0 aliphatic rings. The quantitative estimate of drug-likeness (QED) is 0.381. The first-order valence-electron chi connectivity index (χ1n) is 6.35. The SMILES string of the molecule is C/C=C/C[Si](CCC)(CCC)CCC. The second-order valence-electron chi connectivity index (χ2n) is 4.52. The van der Waals surface area contributed by atoms with E-state index in [1.807, 2.05) is 0 Å². The van der Waals surface area contributed by atoms with Gasteiger partial charge in [0.25, 0.3) is 0 Å². The zero-order valence-corrected chi connectivity index (χ0v) is 11.6. The van der Waals surface area contributed by atoms with Crippen molar-refractivity contribution in [2.45, 2.75) is 71.1 Å². The highest BCUT2D eigenvalue weighted by Crippen LogP contribution is 2.30. The fourth-order valence-corrected chi connectivity index (χ4v) is 7.92. The standard InChI is InChI=1S/C13H28Si/c1-5-9-13-14(10-6-2,11-7-3)12-8-4/h5,9H,6-8,10-13H2,1-4H3/b9-5+. The van der Waals surface area contributed by atoms with Crippen LogP contribution in [0, 0.1) is 0 Å². The maximum atomic E-state index is 2.42. The summed E-state index contributed by atoms with van der Waals surface area (Å²) in [6.45, 7) is 9.21. The van der Waals surface area contributed by atoms with Crippen molar-refractivity contribution < 1.29 is 0 Å². The van der Waals surface area contributed by atoms with E-state index < -0.39 is 8.07 Å². The average Bonchev–Trinajstić information content (AvgIpc) is 2.16. The number of hydrogen-bond donors (Lipinski definition) is 0. The predicted molar refractivity (Wildman–Crippen MR) is 70.7 cm³/mol. The Kier molecular flexibility index (Phi) is 8.25. The third kappa shape index (κ3) is 4.99. The molecule has 0 aromatic heterocycles. The maximum Gasteiger partial charge on any atom is 0.0573 e. The highest BCUT2D eigenvalue weighted by molar-refractivity contribution is 6.80. The molecule has 0 bridgehead atoms. The van der Waals surface area contributed by atoms with E-state index >= 15 is 0 Å². The van der Waals surface area contributed by atoms with Crippen LogP contribution in [0.4, 0.5) is 0 Å². The lowest BCUT2D eigenvalue weighted by Gasteiger charge is -2.30. The van der Waals surface area contributed by atoms with Crippen molar-refractivity contribution in [3.8, 4) is 0 Å². The molecule has 0 saturated carbocycles. The van der Waals surface area contributed by atoms with E-state index in [1.54, 1.807) is 18.1 Å². The minimum absolute atomic E-state index is 0.903. The van der Waals surface area contributed by atoms with Gasteiger partial charge in [-0.1, -0.05) is 70.3 Å². The van der Waals surface area contributed by atoms with Crippen LogP contribution in [0.5, 0.6) is 0 Å². The van der Waals surface area contributed by atoms with Gasteiger partial charge in [-0.3, -0.25) is 0 Å². The van der Waals surface area contributed by atoms with Gasteiger partial charge in [0, 0.05) is 0 Å². The fraction of sp³-hybridized carbons (Fsp3) is 0.846. The highest BCUT2D eigenvalue weighted by atomic mass is 28.3. The first kappa shape index (κ1) is 14.0. The zero-order chi connectivity index (χ0) is 10.9. The van der Waals surface area contributed by atoms with E-state index in [0.717, 1.165) is 0 Å². The molecule has 0 unspecified atom stereocenters. The van der Waals surface area contributed by atoms with Crippen LogP contribution >= 0.6 is 0 Å². The summed E-state index contributed by atoms with van der Waals surface area (Å²) in [4.78, 5) is 0. The molecule has 0 radical (unpaired) electrons. The lowest BCUT2D eigenvalue weighted by Crippen LogP contribution is -2.32. The molecule has 0 heterocycles. The maximum absolute atomic E-state index is 2.42. The summed E-state index contributed by atoms with van der Waals surface area (Å²) < 4.78 is 0. The topological polar surface area (TPSA) is 0 Å². The number of allylic oxidation sites excluding steroid dienone is 2. The summed E-state index contributed by atoms with van der Waals surface area (Å²) in [5.41, 5.74) is 0. The van der Waals surface area contributed by atoms with Gasteiger partial charge in [0.2, 0.25) is 0 Å². The molecule has 1 heteroatoms. The van der Waals surface area contributed by atoms with Crippen molar-refractivity contribution in [3.05, 3.63) is 12.2 Å². The van der Waals surface area contributed by atoms with Crippen molar-refractivity contribution >= 4 is 8.07 Å². The molecule has 0 fully saturated rings. The lowest BCUT2D eigenvalue weighted by atomic mass is 10.5. The lowest BCUT2D eigenvalue weighted by molar-refractivity contribution is 0.917. The molecule has 0 rings (SSSR count). The fourth-order valence-electron chi connectivity index (χ4n) is 2.64. The normalized spacial score (nSPS) is 12.6. The molecule has 0 N–H and O–H groups in total. The van der Waals surface area contributed by atoms with Gasteiger partial charge >= 0.3 is 0 Å². The number of hydrogen-bond acceptors (Lipinski definition) is 0. The van der Waals surface area contributed by atoms with Crippen LogP contribution in [0.3, 0.4) is 0 Å². The monoisotopic (exact) mass is 212 g/mol. The van der Waals surface area contributed by atoms with E-state index in [1.165, 1.54) is 25.3 Å². The van der Waals surface area contributed by atoms with E-state index in [-0.39, 0.29) is 0 Å². The van der Waals surface area contributed by atoms with Gasteiger partial charge in [-0.2, -0.15) is 0 Å². The first-order valence-corrected chi connectivity index (χ1v) is 9.18. The molecule has 0 saturated heterocycles. The highest BCUT2D eigenvalue weighted by Gasteiger charge is 2.28. The van der Waals surface area contributed by atoms with Gasteiger partial charge < -0.3 is 0 Å². The van der Waals surface area contributed by atoms with Crippen LogP contribution in [0.1, 0.15) is 47.0 Å². The molecule has 0 amide bonds. The summed E-state index contributed by atoms with van der Waals surface area (Å²) in [6, 6.07) is 6.05. The first-order chi connectivity index (χ1) is 6.74. The van der Waals surface area contributed by atoms with Crippen LogP contribution in [-0.4, -0.2) is 8.07 Å². The Morgan fingerprint density at radius 1 is 0.857 bits per heavy atom.